The number of benzene rings is 1. The molecule has 0 bridgehead atoms. The molecule has 160 valence electrons. The van der Waals surface area contributed by atoms with E-state index in [1.165, 1.54) is 24.3 Å². The molecule has 30 heavy (non-hydrogen) atoms. The molecule has 4 N–H and O–H groups in total. The van der Waals surface area contributed by atoms with Gasteiger partial charge in [-0.2, -0.15) is 0 Å². The van der Waals surface area contributed by atoms with Crippen LogP contribution in [-0.4, -0.2) is 53.3 Å². The zero-order chi connectivity index (χ0) is 21.9. The van der Waals surface area contributed by atoms with Crippen LogP contribution >= 0.6 is 0 Å². The van der Waals surface area contributed by atoms with Gasteiger partial charge in [-0.25, -0.2) is 4.79 Å². The maximum Gasteiger partial charge on any atom is 0.326 e. The SMILES string of the molecule is C[C@@H]1CCCC[C@@]12NC(=O)N(CC(=O)OCC(=O)Nc1ccc(C(N)=O)cc1)C2=O. The molecule has 1 saturated carbocycles. The minimum absolute atomic E-state index is 0.0181. The number of hydrogen-bond donors (Lipinski definition) is 3. The summed E-state index contributed by atoms with van der Waals surface area (Å²) in [4.78, 5) is 61.0. The number of esters is 1. The van der Waals surface area contributed by atoms with Gasteiger partial charge >= 0.3 is 12.0 Å². The minimum Gasteiger partial charge on any atom is -0.454 e. The Morgan fingerprint density at radius 3 is 2.57 bits per heavy atom. The lowest BCUT2D eigenvalue weighted by Crippen LogP contribution is -2.54. The monoisotopic (exact) mass is 416 g/mol. The quantitative estimate of drug-likeness (QED) is 0.461. The molecule has 1 spiro atoms. The number of anilines is 1. The van der Waals surface area contributed by atoms with Gasteiger partial charge in [0.1, 0.15) is 12.1 Å². The number of nitrogens with one attached hydrogen (secondary N) is 2. The summed E-state index contributed by atoms with van der Waals surface area (Å²) in [5.41, 5.74) is 4.87. The average molecular weight is 416 g/mol. The van der Waals surface area contributed by atoms with E-state index in [9.17, 15) is 24.0 Å². The van der Waals surface area contributed by atoms with E-state index in [1.54, 1.807) is 0 Å². The lowest BCUT2D eigenvalue weighted by molar-refractivity contribution is -0.150. The Bertz CT molecular complexity index is 884. The zero-order valence-corrected chi connectivity index (χ0v) is 16.6. The third-order valence-electron chi connectivity index (χ3n) is 5.61. The van der Waals surface area contributed by atoms with E-state index in [0.717, 1.165) is 24.2 Å². The fourth-order valence-corrected chi connectivity index (χ4v) is 3.87. The molecular weight excluding hydrogens is 392 g/mol. The number of ether oxygens (including phenoxy) is 1. The molecule has 1 aromatic rings. The Morgan fingerprint density at radius 2 is 1.93 bits per heavy atom. The first kappa shape index (κ1) is 21.3. The second-order valence-electron chi connectivity index (χ2n) is 7.59. The Hall–Kier alpha value is -3.43. The van der Waals surface area contributed by atoms with Gasteiger partial charge < -0.3 is 21.1 Å². The fraction of sp³-hybridized carbons (Fsp3) is 0.450. The highest BCUT2D eigenvalue weighted by Crippen LogP contribution is 2.38. The van der Waals surface area contributed by atoms with E-state index in [2.05, 4.69) is 10.6 Å². The molecule has 2 aliphatic rings. The molecule has 3 rings (SSSR count). The molecule has 2 fully saturated rings. The number of amides is 5. The van der Waals surface area contributed by atoms with Crippen molar-refractivity contribution in [3.8, 4) is 0 Å². The number of imide groups is 1. The highest BCUT2D eigenvalue weighted by atomic mass is 16.5. The van der Waals surface area contributed by atoms with Crippen molar-refractivity contribution in [1.82, 2.24) is 10.2 Å². The Morgan fingerprint density at radius 1 is 1.23 bits per heavy atom. The van der Waals surface area contributed by atoms with Crippen molar-refractivity contribution in [3.63, 3.8) is 0 Å². The number of hydrogen-bond acceptors (Lipinski definition) is 6. The number of carbonyl (C=O) groups is 5. The van der Waals surface area contributed by atoms with E-state index < -0.39 is 48.4 Å². The standard InChI is InChI=1S/C20H24N4O6/c1-12-4-2-3-9-20(12)18(28)24(19(29)23-20)10-16(26)30-11-15(25)22-14-7-5-13(6-8-14)17(21)27/h5-8,12H,2-4,9-11H2,1H3,(H2,21,27)(H,22,25)(H,23,29)/t12-,20-/m1/s1. The van der Waals surface area contributed by atoms with Gasteiger partial charge in [-0.05, 0) is 43.0 Å². The maximum absolute atomic E-state index is 12.8. The van der Waals surface area contributed by atoms with Gasteiger partial charge in [-0.3, -0.25) is 24.1 Å². The smallest absolute Gasteiger partial charge is 0.326 e. The molecule has 0 radical (unpaired) electrons. The van der Waals surface area contributed by atoms with Gasteiger partial charge in [-0.15, -0.1) is 0 Å². The highest BCUT2D eigenvalue weighted by molar-refractivity contribution is 6.09. The van der Waals surface area contributed by atoms with Crippen molar-refractivity contribution in [1.29, 1.82) is 0 Å². The van der Waals surface area contributed by atoms with Crippen molar-refractivity contribution >= 4 is 35.4 Å². The molecule has 1 aliphatic heterocycles. The Balaban J connectivity index is 1.50. The maximum atomic E-state index is 12.8. The van der Waals surface area contributed by atoms with Gasteiger partial charge in [0.15, 0.2) is 6.61 Å². The molecule has 5 amide bonds. The van der Waals surface area contributed by atoms with Crippen LogP contribution in [0.5, 0.6) is 0 Å². The minimum atomic E-state index is -0.954. The second kappa shape index (κ2) is 8.52. The number of primary amides is 1. The molecule has 2 atom stereocenters. The van der Waals surface area contributed by atoms with Crippen molar-refractivity contribution in [3.05, 3.63) is 29.8 Å². The van der Waals surface area contributed by atoms with Gasteiger partial charge in [0, 0.05) is 11.3 Å². The second-order valence-corrected chi connectivity index (χ2v) is 7.59. The highest BCUT2D eigenvalue weighted by Gasteiger charge is 2.55. The number of urea groups is 1. The molecule has 0 unspecified atom stereocenters. The number of nitrogens with zero attached hydrogens (tertiary/aromatic N) is 1. The van der Waals surface area contributed by atoms with Crippen LogP contribution in [0.25, 0.3) is 0 Å². The van der Waals surface area contributed by atoms with Gasteiger partial charge in [-0.1, -0.05) is 19.8 Å². The molecule has 10 nitrogen and oxygen atoms in total. The summed E-state index contributed by atoms with van der Waals surface area (Å²) < 4.78 is 4.90. The third kappa shape index (κ3) is 4.27. The summed E-state index contributed by atoms with van der Waals surface area (Å²) in [6.45, 7) is 0.779. The Labute approximate surface area is 173 Å². The van der Waals surface area contributed by atoms with Crippen LogP contribution in [0.1, 0.15) is 43.0 Å². The fourth-order valence-electron chi connectivity index (χ4n) is 3.87. The average Bonchev–Trinajstić information content (AvgIpc) is 2.94. The molecular formula is C20H24N4O6. The van der Waals surface area contributed by atoms with E-state index in [0.29, 0.717) is 12.1 Å². The largest absolute Gasteiger partial charge is 0.454 e. The molecule has 1 saturated heterocycles. The van der Waals surface area contributed by atoms with E-state index in [-0.39, 0.29) is 11.5 Å². The van der Waals surface area contributed by atoms with E-state index >= 15 is 0 Å². The summed E-state index contributed by atoms with van der Waals surface area (Å²) in [5, 5.41) is 5.25. The van der Waals surface area contributed by atoms with Crippen LogP contribution in [-0.2, 0) is 19.1 Å². The summed E-state index contributed by atoms with van der Waals surface area (Å²) in [5.74, 6) is -2.50. The van der Waals surface area contributed by atoms with Crippen molar-refractivity contribution in [2.75, 3.05) is 18.5 Å². The van der Waals surface area contributed by atoms with Crippen LogP contribution in [0.3, 0.4) is 0 Å². The molecule has 1 aromatic carbocycles. The summed E-state index contributed by atoms with van der Waals surface area (Å²) in [6.07, 6.45) is 3.19. The molecule has 10 heteroatoms. The lowest BCUT2D eigenvalue weighted by Gasteiger charge is -2.36. The van der Waals surface area contributed by atoms with E-state index in [4.69, 9.17) is 10.5 Å². The zero-order valence-electron chi connectivity index (χ0n) is 16.6. The van der Waals surface area contributed by atoms with Crippen molar-refractivity contribution in [2.24, 2.45) is 11.7 Å². The lowest BCUT2D eigenvalue weighted by atomic mass is 9.73. The van der Waals surface area contributed by atoms with Gasteiger partial charge in [0.25, 0.3) is 11.8 Å². The predicted octanol–water partition coefficient (Wildman–Crippen LogP) is 0.768. The van der Waals surface area contributed by atoms with Crippen molar-refractivity contribution < 1.29 is 28.7 Å². The molecule has 0 aromatic heterocycles. The van der Waals surface area contributed by atoms with Gasteiger partial charge in [0.05, 0.1) is 0 Å². The summed E-state index contributed by atoms with van der Waals surface area (Å²) >= 11 is 0. The van der Waals surface area contributed by atoms with Gasteiger partial charge in [0.2, 0.25) is 5.91 Å². The van der Waals surface area contributed by atoms with Crippen LogP contribution < -0.4 is 16.4 Å². The third-order valence-corrected chi connectivity index (χ3v) is 5.61. The number of rotatable bonds is 6. The Kier molecular flexibility index (Phi) is 6.04. The number of nitrogens with two attached hydrogens (primary N) is 1. The first-order chi connectivity index (χ1) is 14.2. The van der Waals surface area contributed by atoms with Crippen LogP contribution in [0.2, 0.25) is 0 Å². The van der Waals surface area contributed by atoms with Crippen LogP contribution in [0, 0.1) is 5.92 Å². The molecule has 1 heterocycles. The van der Waals surface area contributed by atoms with Crippen LogP contribution in [0.15, 0.2) is 24.3 Å². The van der Waals surface area contributed by atoms with E-state index in [1.807, 2.05) is 6.92 Å². The summed E-state index contributed by atoms with van der Waals surface area (Å²) in [6, 6.07) is 5.24. The first-order valence-corrected chi connectivity index (χ1v) is 9.72. The predicted molar refractivity (Wildman–Crippen MR) is 105 cm³/mol. The normalized spacial score (nSPS) is 23.2. The first-order valence-electron chi connectivity index (χ1n) is 9.72. The summed E-state index contributed by atoms with van der Waals surface area (Å²) in [7, 11) is 0. The van der Waals surface area contributed by atoms with Crippen LogP contribution in [0.4, 0.5) is 10.5 Å². The number of carbonyl (C=O) groups excluding carboxylic acids is 5. The topological polar surface area (TPSA) is 148 Å². The molecule has 1 aliphatic carbocycles. The van der Waals surface area contributed by atoms with Crippen molar-refractivity contribution in [2.45, 2.75) is 38.1 Å².